The zero-order valence-electron chi connectivity index (χ0n) is 14.7. The van der Waals surface area contributed by atoms with Gasteiger partial charge in [-0.2, -0.15) is 0 Å². The minimum absolute atomic E-state index is 0.148. The highest BCUT2D eigenvalue weighted by molar-refractivity contribution is 6.30. The van der Waals surface area contributed by atoms with Crippen molar-refractivity contribution in [2.24, 2.45) is 10.7 Å². The molecule has 0 amide bonds. The quantitative estimate of drug-likeness (QED) is 0.660. The lowest BCUT2D eigenvalue weighted by molar-refractivity contribution is 0.377. The van der Waals surface area contributed by atoms with E-state index in [1.54, 1.807) is 12.4 Å². The number of nitrogens with two attached hydrogens (primary N) is 1. The van der Waals surface area contributed by atoms with Crippen LogP contribution >= 0.6 is 11.6 Å². The van der Waals surface area contributed by atoms with Gasteiger partial charge >= 0.3 is 0 Å². The number of anilines is 1. The average Bonchev–Trinajstić information content (AvgIpc) is 3.49. The van der Waals surface area contributed by atoms with Crippen molar-refractivity contribution in [2.75, 3.05) is 37.6 Å². The predicted molar refractivity (Wildman–Crippen MR) is 105 cm³/mol. The molecule has 2 fully saturated rings. The zero-order valence-corrected chi connectivity index (χ0v) is 15.4. The topological polar surface area (TPSA) is 70.6 Å². The number of hydrogen-bond acceptors (Lipinski definition) is 4. The molecule has 1 aromatic carbocycles. The Bertz CT molecular complexity index is 764. The molecule has 0 spiro atoms. The van der Waals surface area contributed by atoms with Gasteiger partial charge in [0.05, 0.1) is 6.54 Å². The first kappa shape index (κ1) is 17.1. The van der Waals surface area contributed by atoms with Crippen molar-refractivity contribution in [3.63, 3.8) is 0 Å². The van der Waals surface area contributed by atoms with Gasteiger partial charge in [0.1, 0.15) is 0 Å². The van der Waals surface area contributed by atoms with E-state index in [0.717, 1.165) is 56.5 Å². The van der Waals surface area contributed by atoms with Crippen molar-refractivity contribution in [1.82, 2.24) is 14.9 Å². The van der Waals surface area contributed by atoms with Crippen LogP contribution in [0.1, 0.15) is 18.4 Å². The largest absolute Gasteiger partial charge is 0.370 e. The summed E-state index contributed by atoms with van der Waals surface area (Å²) in [4.78, 5) is 17.7. The summed E-state index contributed by atoms with van der Waals surface area (Å²) in [5.74, 6) is 1.42. The molecule has 1 aromatic heterocycles. The lowest BCUT2D eigenvalue weighted by Crippen LogP contribution is -2.51. The second-order valence-corrected chi connectivity index (χ2v) is 7.42. The fourth-order valence-corrected chi connectivity index (χ4v) is 3.54. The highest BCUT2D eigenvalue weighted by Crippen LogP contribution is 2.48. The molecular formula is C19H23ClN6. The number of hydrogen-bond donors (Lipinski definition) is 1. The summed E-state index contributed by atoms with van der Waals surface area (Å²) in [6, 6.07) is 9.96. The lowest BCUT2D eigenvalue weighted by Gasteiger charge is -2.35. The smallest absolute Gasteiger partial charge is 0.225 e. The van der Waals surface area contributed by atoms with Crippen molar-refractivity contribution in [2.45, 2.75) is 18.3 Å². The Labute approximate surface area is 158 Å². The van der Waals surface area contributed by atoms with Crippen LogP contribution in [-0.4, -0.2) is 53.6 Å². The van der Waals surface area contributed by atoms with E-state index in [1.165, 1.54) is 5.56 Å². The van der Waals surface area contributed by atoms with Gasteiger partial charge in [0.15, 0.2) is 5.96 Å². The highest BCUT2D eigenvalue weighted by Gasteiger charge is 2.44. The fraction of sp³-hybridized carbons (Fsp3) is 0.421. The summed E-state index contributed by atoms with van der Waals surface area (Å²) < 4.78 is 0. The van der Waals surface area contributed by atoms with Crippen molar-refractivity contribution < 1.29 is 0 Å². The first-order valence-corrected chi connectivity index (χ1v) is 9.37. The minimum Gasteiger partial charge on any atom is -0.370 e. The molecule has 2 N–H and O–H groups in total. The lowest BCUT2D eigenvalue weighted by atomic mass is 9.96. The molecule has 1 aliphatic carbocycles. The number of nitrogens with zero attached hydrogens (tertiary/aromatic N) is 5. The van der Waals surface area contributed by atoms with Gasteiger partial charge in [0, 0.05) is 49.0 Å². The molecule has 136 valence electrons. The summed E-state index contributed by atoms with van der Waals surface area (Å²) >= 11 is 6.00. The molecule has 26 heavy (non-hydrogen) atoms. The molecule has 2 aliphatic rings. The van der Waals surface area contributed by atoms with E-state index in [2.05, 4.69) is 31.9 Å². The number of halogens is 1. The van der Waals surface area contributed by atoms with E-state index in [9.17, 15) is 0 Å². The number of aromatic nitrogens is 2. The van der Waals surface area contributed by atoms with Crippen LogP contribution in [0.25, 0.3) is 0 Å². The van der Waals surface area contributed by atoms with Crippen LogP contribution in [0, 0.1) is 0 Å². The minimum atomic E-state index is 0.148. The van der Waals surface area contributed by atoms with E-state index in [4.69, 9.17) is 22.3 Å². The maximum atomic E-state index is 6.27. The van der Waals surface area contributed by atoms with E-state index >= 15 is 0 Å². The zero-order chi connectivity index (χ0) is 18.0. The van der Waals surface area contributed by atoms with Crippen LogP contribution < -0.4 is 10.6 Å². The molecule has 0 bridgehead atoms. The number of piperazine rings is 1. The van der Waals surface area contributed by atoms with Crippen molar-refractivity contribution in [3.8, 4) is 0 Å². The van der Waals surface area contributed by atoms with E-state index in [-0.39, 0.29) is 5.41 Å². The summed E-state index contributed by atoms with van der Waals surface area (Å²) in [5, 5.41) is 0.771. The van der Waals surface area contributed by atoms with Gasteiger partial charge in [0.25, 0.3) is 0 Å². The van der Waals surface area contributed by atoms with Gasteiger partial charge in [-0.05, 0) is 36.6 Å². The third-order valence-corrected chi connectivity index (χ3v) is 5.54. The van der Waals surface area contributed by atoms with Gasteiger partial charge in [-0.25, -0.2) is 9.97 Å². The van der Waals surface area contributed by atoms with Crippen LogP contribution in [0.15, 0.2) is 47.7 Å². The standard InChI is InChI=1S/C19H23ClN6/c20-16-4-2-15(3-5-16)19(6-7-19)14-24-17(21)25-10-12-26(13-11-25)18-22-8-1-9-23-18/h1-5,8-9H,6-7,10-14H2,(H2,21,24). The molecular weight excluding hydrogens is 348 g/mol. The molecule has 0 atom stereocenters. The maximum absolute atomic E-state index is 6.27. The van der Waals surface area contributed by atoms with Crippen LogP contribution in [0.4, 0.5) is 5.95 Å². The second kappa shape index (κ2) is 7.11. The monoisotopic (exact) mass is 370 g/mol. The Morgan fingerprint density at radius 3 is 2.35 bits per heavy atom. The maximum Gasteiger partial charge on any atom is 0.225 e. The Hall–Kier alpha value is -2.34. The molecule has 4 rings (SSSR count). The Morgan fingerprint density at radius 2 is 1.73 bits per heavy atom. The molecule has 1 aliphatic heterocycles. The van der Waals surface area contributed by atoms with Crippen LogP contribution in [-0.2, 0) is 5.41 Å². The first-order valence-electron chi connectivity index (χ1n) is 8.99. The van der Waals surface area contributed by atoms with Gasteiger partial charge in [0.2, 0.25) is 5.95 Å². The Morgan fingerprint density at radius 1 is 1.08 bits per heavy atom. The molecule has 6 nitrogen and oxygen atoms in total. The third-order valence-electron chi connectivity index (χ3n) is 5.29. The third kappa shape index (κ3) is 3.60. The molecule has 1 saturated carbocycles. The van der Waals surface area contributed by atoms with E-state index in [1.807, 2.05) is 18.2 Å². The normalized spacial score (nSPS) is 19.5. The molecule has 2 heterocycles. The molecule has 0 radical (unpaired) electrons. The summed E-state index contributed by atoms with van der Waals surface area (Å²) in [6.45, 7) is 4.11. The molecule has 2 aromatic rings. The van der Waals surface area contributed by atoms with Gasteiger partial charge in [-0.15, -0.1) is 0 Å². The van der Waals surface area contributed by atoms with Crippen LogP contribution in [0.5, 0.6) is 0 Å². The Balaban J connectivity index is 1.35. The summed E-state index contributed by atoms with van der Waals surface area (Å²) in [7, 11) is 0. The van der Waals surface area contributed by atoms with Gasteiger partial charge in [-0.1, -0.05) is 23.7 Å². The van der Waals surface area contributed by atoms with E-state index in [0.29, 0.717) is 5.96 Å². The van der Waals surface area contributed by atoms with Crippen LogP contribution in [0.2, 0.25) is 5.02 Å². The number of aliphatic imine (C=N–C) groups is 1. The fourth-order valence-electron chi connectivity index (χ4n) is 3.41. The second-order valence-electron chi connectivity index (χ2n) is 6.98. The summed E-state index contributed by atoms with van der Waals surface area (Å²) in [5.41, 5.74) is 7.73. The Kier molecular flexibility index (Phi) is 4.68. The summed E-state index contributed by atoms with van der Waals surface area (Å²) in [6.07, 6.45) is 5.86. The van der Waals surface area contributed by atoms with Crippen molar-refractivity contribution in [3.05, 3.63) is 53.3 Å². The number of rotatable bonds is 4. The van der Waals surface area contributed by atoms with Gasteiger partial charge < -0.3 is 15.5 Å². The van der Waals surface area contributed by atoms with Gasteiger partial charge in [-0.3, -0.25) is 4.99 Å². The van der Waals surface area contributed by atoms with Crippen molar-refractivity contribution in [1.29, 1.82) is 0 Å². The first-order chi connectivity index (χ1) is 12.7. The molecule has 7 heteroatoms. The number of benzene rings is 1. The van der Waals surface area contributed by atoms with Crippen molar-refractivity contribution >= 4 is 23.5 Å². The number of guanidine groups is 1. The van der Waals surface area contributed by atoms with Crippen LogP contribution in [0.3, 0.4) is 0 Å². The van der Waals surface area contributed by atoms with E-state index < -0.39 is 0 Å². The highest BCUT2D eigenvalue weighted by atomic mass is 35.5. The molecule has 0 unspecified atom stereocenters. The molecule has 1 saturated heterocycles. The predicted octanol–water partition coefficient (Wildman–Crippen LogP) is 2.30. The SMILES string of the molecule is NC(=NCC1(c2ccc(Cl)cc2)CC1)N1CCN(c2ncccn2)CC1. The average molecular weight is 371 g/mol.